The number of aromatic nitrogens is 4. The third-order valence-electron chi connectivity index (χ3n) is 7.07. The molecule has 0 atom stereocenters. The molecule has 1 N–H and O–H groups in total. The molecule has 2 aromatic carbocycles. The van der Waals surface area contributed by atoms with Crippen LogP contribution in [0.15, 0.2) is 61.6 Å². The van der Waals surface area contributed by atoms with Crippen molar-refractivity contribution in [3.8, 4) is 22.6 Å². The largest absolute Gasteiger partial charge is 0.495 e. The van der Waals surface area contributed by atoms with Crippen molar-refractivity contribution >= 4 is 57.3 Å². The Labute approximate surface area is 240 Å². The molecule has 0 radical (unpaired) electrons. The predicted octanol–water partition coefficient (Wildman–Crippen LogP) is 7.19. The van der Waals surface area contributed by atoms with Crippen LogP contribution in [0.3, 0.4) is 0 Å². The van der Waals surface area contributed by atoms with Crippen LogP contribution >= 0.6 is 23.2 Å². The van der Waals surface area contributed by atoms with E-state index in [0.717, 1.165) is 16.6 Å². The molecule has 0 spiro atoms. The van der Waals surface area contributed by atoms with Gasteiger partial charge in [0.2, 0.25) is 5.95 Å². The summed E-state index contributed by atoms with van der Waals surface area (Å²) in [4.78, 5) is 26.2. The molecule has 10 heteroatoms. The summed E-state index contributed by atoms with van der Waals surface area (Å²) in [5.41, 5.74) is 5.35. The van der Waals surface area contributed by atoms with Gasteiger partial charge in [0, 0.05) is 53.3 Å². The summed E-state index contributed by atoms with van der Waals surface area (Å²) in [5, 5.41) is 4.74. The summed E-state index contributed by atoms with van der Waals surface area (Å²) < 4.78 is 12.8. The van der Waals surface area contributed by atoms with Gasteiger partial charge in [0.25, 0.3) is 0 Å². The van der Waals surface area contributed by atoms with E-state index in [-0.39, 0.29) is 12.2 Å². The molecule has 3 heterocycles. The van der Waals surface area contributed by atoms with E-state index in [4.69, 9.17) is 37.7 Å². The van der Waals surface area contributed by atoms with E-state index in [9.17, 15) is 4.79 Å². The van der Waals surface area contributed by atoms with Gasteiger partial charge in [0.1, 0.15) is 17.1 Å². The minimum atomic E-state index is -0.0467. The molecular weight excluding hydrogens is 549 g/mol. The average Bonchev–Trinajstić information content (AvgIpc) is 3.69. The quantitative estimate of drug-likeness (QED) is 0.186. The number of carbonyl (C=O) groups excluding carboxylic acids is 1. The molecule has 0 aliphatic heterocycles. The summed E-state index contributed by atoms with van der Waals surface area (Å²) in [6.45, 7) is 3.62. The van der Waals surface area contributed by atoms with Gasteiger partial charge in [-0.25, -0.2) is 9.97 Å². The predicted molar refractivity (Wildman–Crippen MR) is 157 cm³/mol. The van der Waals surface area contributed by atoms with Gasteiger partial charge < -0.3 is 14.8 Å². The molecule has 5 aromatic rings. The third kappa shape index (κ3) is 4.63. The topological polar surface area (TPSA) is 90.6 Å². The van der Waals surface area contributed by atoms with Crippen LogP contribution in [0.2, 0.25) is 10.0 Å². The molecule has 0 bridgehead atoms. The molecule has 8 nitrogen and oxygen atoms in total. The van der Waals surface area contributed by atoms with Crippen molar-refractivity contribution in [2.75, 3.05) is 19.5 Å². The zero-order chi connectivity index (χ0) is 28.0. The lowest BCUT2D eigenvalue weighted by Gasteiger charge is -2.16. The molecule has 0 amide bonds. The Kier molecular flexibility index (Phi) is 6.82. The van der Waals surface area contributed by atoms with Gasteiger partial charge in [-0.05, 0) is 48.1 Å². The highest BCUT2D eigenvalue weighted by atomic mass is 35.5. The minimum absolute atomic E-state index is 0.0467. The third-order valence-corrected chi connectivity index (χ3v) is 7.82. The maximum Gasteiger partial charge on any atom is 0.229 e. The Morgan fingerprint density at radius 2 is 1.85 bits per heavy atom. The van der Waals surface area contributed by atoms with Crippen LogP contribution in [0.4, 0.5) is 11.6 Å². The highest BCUT2D eigenvalue weighted by Gasteiger charge is 2.25. The van der Waals surface area contributed by atoms with Crippen molar-refractivity contribution in [2.45, 2.75) is 25.2 Å². The lowest BCUT2D eigenvalue weighted by molar-refractivity contribution is -0.114. The van der Waals surface area contributed by atoms with E-state index < -0.39 is 0 Å². The number of fused-ring (bicyclic) bond motifs is 3. The van der Waals surface area contributed by atoms with Gasteiger partial charge in [0.15, 0.2) is 11.4 Å². The standard InChI is InChI=1S/C30H25Cl2N5O3/c1-4-20(38)12-18-11-17(16-5-6-16)7-8-22(18)35-30-34-15-19-13-21(29-33-9-10-37(29)28(19)36-30)25-26(31)23(39-2)14-24(40-3)27(25)32/h4,7-11,13-16H,1,5-6,12H2,2-3H3,(H,34,35,36). The number of ether oxygens (including phenoxy) is 2. The summed E-state index contributed by atoms with van der Waals surface area (Å²) in [6.07, 6.45) is 9.18. The molecule has 0 unspecified atom stereocenters. The summed E-state index contributed by atoms with van der Waals surface area (Å²) in [6, 6.07) is 9.72. The van der Waals surface area contributed by atoms with E-state index in [1.165, 1.54) is 38.7 Å². The molecule has 202 valence electrons. The SMILES string of the molecule is C=CC(=O)Cc1cc(C2CC2)ccc1Nc1ncc2cc(-c3c(Cl)c(OC)cc(OC)c3Cl)c3nccn3c2n1. The Morgan fingerprint density at radius 3 is 2.52 bits per heavy atom. The molecular formula is C30H25Cl2N5O3. The number of ketones is 1. The maximum atomic E-state index is 12.2. The zero-order valence-electron chi connectivity index (χ0n) is 21.9. The van der Waals surface area contributed by atoms with Crippen LogP contribution < -0.4 is 14.8 Å². The van der Waals surface area contributed by atoms with Crippen molar-refractivity contribution in [1.29, 1.82) is 0 Å². The number of hydrogen-bond donors (Lipinski definition) is 1. The van der Waals surface area contributed by atoms with Crippen LogP contribution in [-0.2, 0) is 11.2 Å². The number of anilines is 2. The van der Waals surface area contributed by atoms with Crippen LogP contribution in [0.5, 0.6) is 11.5 Å². The molecule has 40 heavy (non-hydrogen) atoms. The fourth-order valence-corrected chi connectivity index (χ4v) is 5.57. The molecule has 1 aliphatic carbocycles. The molecule has 1 aliphatic rings. The molecule has 1 fully saturated rings. The number of pyridine rings is 1. The first-order valence-electron chi connectivity index (χ1n) is 12.7. The second-order valence-corrected chi connectivity index (χ2v) is 10.4. The summed E-state index contributed by atoms with van der Waals surface area (Å²) in [7, 11) is 3.06. The summed E-state index contributed by atoms with van der Waals surface area (Å²) in [5.74, 6) is 1.77. The number of nitrogens with zero attached hydrogens (tertiary/aromatic N) is 4. The molecule has 3 aromatic heterocycles. The van der Waals surface area contributed by atoms with Gasteiger partial charge >= 0.3 is 0 Å². The first kappa shape index (κ1) is 26.1. The van der Waals surface area contributed by atoms with E-state index in [2.05, 4.69) is 34.0 Å². The zero-order valence-corrected chi connectivity index (χ0v) is 23.4. The average molecular weight is 574 g/mol. The van der Waals surface area contributed by atoms with Crippen molar-refractivity contribution in [3.05, 3.63) is 82.7 Å². The van der Waals surface area contributed by atoms with Gasteiger partial charge in [-0.15, -0.1) is 0 Å². The Hall–Kier alpha value is -4.14. The Morgan fingerprint density at radius 1 is 1.10 bits per heavy atom. The molecule has 0 saturated heterocycles. The van der Waals surface area contributed by atoms with Crippen molar-refractivity contribution in [1.82, 2.24) is 19.4 Å². The monoisotopic (exact) mass is 573 g/mol. The van der Waals surface area contributed by atoms with E-state index in [0.29, 0.717) is 55.8 Å². The van der Waals surface area contributed by atoms with Crippen LogP contribution in [0, 0.1) is 0 Å². The van der Waals surface area contributed by atoms with Crippen molar-refractivity contribution in [3.63, 3.8) is 0 Å². The highest BCUT2D eigenvalue weighted by molar-refractivity contribution is 6.41. The van der Waals surface area contributed by atoms with Crippen LogP contribution in [0.25, 0.3) is 27.8 Å². The Balaban J connectivity index is 1.45. The minimum Gasteiger partial charge on any atom is -0.495 e. The first-order chi connectivity index (χ1) is 19.4. The number of hydrogen-bond acceptors (Lipinski definition) is 7. The number of imidazole rings is 1. The van der Waals surface area contributed by atoms with Crippen molar-refractivity contribution in [2.24, 2.45) is 0 Å². The maximum absolute atomic E-state index is 12.2. The number of carbonyl (C=O) groups is 1. The second kappa shape index (κ2) is 10.4. The number of benzene rings is 2. The highest BCUT2D eigenvalue weighted by Crippen LogP contribution is 2.47. The summed E-state index contributed by atoms with van der Waals surface area (Å²) >= 11 is 13.5. The van der Waals surface area contributed by atoms with Gasteiger partial charge in [-0.3, -0.25) is 9.20 Å². The van der Waals surface area contributed by atoms with Crippen LogP contribution in [0.1, 0.15) is 29.9 Å². The number of halogens is 2. The van der Waals surface area contributed by atoms with Gasteiger partial charge in [-0.2, -0.15) is 4.98 Å². The smallest absolute Gasteiger partial charge is 0.229 e. The second-order valence-electron chi connectivity index (χ2n) is 9.60. The number of nitrogens with one attached hydrogen (secondary N) is 1. The van der Waals surface area contributed by atoms with Gasteiger partial charge in [-0.1, -0.05) is 41.9 Å². The van der Waals surface area contributed by atoms with Crippen molar-refractivity contribution < 1.29 is 14.3 Å². The molecule has 1 saturated carbocycles. The normalized spacial score (nSPS) is 13.0. The fraction of sp³-hybridized carbons (Fsp3) is 0.200. The van der Waals surface area contributed by atoms with Gasteiger partial charge in [0.05, 0.1) is 24.3 Å². The first-order valence-corrected chi connectivity index (χ1v) is 13.5. The van der Waals surface area contributed by atoms with E-state index in [1.54, 1.807) is 18.5 Å². The lowest BCUT2D eigenvalue weighted by atomic mass is 10.0. The van der Waals surface area contributed by atoms with E-state index in [1.807, 2.05) is 22.7 Å². The number of allylic oxidation sites excluding steroid dienone is 1. The lowest BCUT2D eigenvalue weighted by Crippen LogP contribution is -2.06. The Bertz CT molecular complexity index is 1790. The number of methoxy groups -OCH3 is 2. The van der Waals surface area contributed by atoms with E-state index >= 15 is 0 Å². The number of rotatable bonds is 9. The fourth-order valence-electron chi connectivity index (χ4n) is 4.87. The van der Waals surface area contributed by atoms with Crippen LogP contribution in [-0.4, -0.2) is 39.4 Å². The molecule has 6 rings (SSSR count).